The van der Waals surface area contributed by atoms with Crippen molar-refractivity contribution in [3.05, 3.63) is 84.2 Å². The van der Waals surface area contributed by atoms with Crippen LogP contribution in [0.25, 0.3) is 11.0 Å². The second-order valence-electron chi connectivity index (χ2n) is 7.99. The van der Waals surface area contributed by atoms with Crippen LogP contribution in [0.4, 0.5) is 0 Å². The normalized spacial score (nSPS) is 10.8. The first-order valence-corrected chi connectivity index (χ1v) is 11.9. The van der Waals surface area contributed by atoms with Gasteiger partial charge in [-0.15, -0.1) is 0 Å². The summed E-state index contributed by atoms with van der Waals surface area (Å²) in [5, 5.41) is 2.99. The lowest BCUT2D eigenvalue weighted by molar-refractivity contribution is 0.0952. The van der Waals surface area contributed by atoms with Crippen molar-refractivity contribution in [3.8, 4) is 17.2 Å². The number of amides is 1. The van der Waals surface area contributed by atoms with Gasteiger partial charge in [0.2, 0.25) is 0 Å². The molecular formula is C28H31N3O4. The molecule has 0 saturated carbocycles. The molecule has 0 aliphatic heterocycles. The molecule has 1 heterocycles. The number of nitrogens with one attached hydrogen (secondary N) is 1. The summed E-state index contributed by atoms with van der Waals surface area (Å²) in [6.45, 7) is 4.25. The third-order valence-corrected chi connectivity index (χ3v) is 5.65. The zero-order valence-electron chi connectivity index (χ0n) is 20.2. The molecule has 0 radical (unpaired) electrons. The number of rotatable bonds is 12. The molecule has 0 aliphatic carbocycles. The number of aromatic nitrogens is 2. The summed E-state index contributed by atoms with van der Waals surface area (Å²) in [7, 11) is 1.59. The molecular weight excluding hydrogens is 442 g/mol. The van der Waals surface area contributed by atoms with E-state index in [2.05, 4.69) is 16.0 Å². The predicted octanol–water partition coefficient (Wildman–Crippen LogP) is 4.89. The third-order valence-electron chi connectivity index (χ3n) is 5.65. The van der Waals surface area contributed by atoms with Gasteiger partial charge in [0.25, 0.3) is 5.91 Å². The van der Waals surface area contributed by atoms with Gasteiger partial charge in [0, 0.05) is 18.5 Å². The monoisotopic (exact) mass is 473 g/mol. The number of ether oxygens (including phenoxy) is 3. The maximum Gasteiger partial charge on any atom is 0.251 e. The van der Waals surface area contributed by atoms with Gasteiger partial charge < -0.3 is 24.1 Å². The molecule has 4 aromatic rings. The third kappa shape index (κ3) is 6.12. The number of aryl methyl sites for hydroxylation is 1. The average molecular weight is 474 g/mol. The van der Waals surface area contributed by atoms with Crippen molar-refractivity contribution in [2.45, 2.75) is 26.3 Å². The number of benzene rings is 3. The molecule has 1 amide bonds. The Morgan fingerprint density at radius 2 is 1.74 bits per heavy atom. The summed E-state index contributed by atoms with van der Waals surface area (Å²) < 4.78 is 19.1. The maximum atomic E-state index is 12.5. The second kappa shape index (κ2) is 11.9. The first-order valence-electron chi connectivity index (χ1n) is 11.9. The quantitative estimate of drug-likeness (QED) is 0.297. The van der Waals surface area contributed by atoms with Crippen LogP contribution in [0, 0.1) is 0 Å². The Bertz CT molecular complexity index is 1270. The Balaban J connectivity index is 1.37. The molecule has 182 valence electrons. The molecule has 7 heteroatoms. The number of hydrogen-bond acceptors (Lipinski definition) is 5. The second-order valence-corrected chi connectivity index (χ2v) is 7.99. The Hall–Kier alpha value is -4.00. The van der Waals surface area contributed by atoms with Gasteiger partial charge in [0.05, 0.1) is 31.3 Å². The van der Waals surface area contributed by atoms with E-state index in [0.29, 0.717) is 37.6 Å². The van der Waals surface area contributed by atoms with Gasteiger partial charge in [-0.1, -0.05) is 30.3 Å². The summed E-state index contributed by atoms with van der Waals surface area (Å²) >= 11 is 0. The van der Waals surface area contributed by atoms with Gasteiger partial charge in [-0.25, -0.2) is 4.98 Å². The molecule has 0 atom stereocenters. The highest BCUT2D eigenvalue weighted by Crippen LogP contribution is 2.26. The highest BCUT2D eigenvalue weighted by Gasteiger charge is 2.12. The highest BCUT2D eigenvalue weighted by molar-refractivity contribution is 5.94. The zero-order chi connectivity index (χ0) is 24.5. The summed E-state index contributed by atoms with van der Waals surface area (Å²) in [6, 6.07) is 23.0. The average Bonchev–Trinajstić information content (AvgIpc) is 3.25. The van der Waals surface area contributed by atoms with Gasteiger partial charge in [-0.05, 0) is 55.8 Å². The van der Waals surface area contributed by atoms with Gasteiger partial charge >= 0.3 is 0 Å². The fraction of sp³-hybridized carbons (Fsp3) is 0.286. The van der Waals surface area contributed by atoms with Crippen LogP contribution < -0.4 is 19.5 Å². The van der Waals surface area contributed by atoms with Gasteiger partial charge in [-0.3, -0.25) is 4.79 Å². The Morgan fingerprint density at radius 3 is 2.54 bits per heavy atom. The van der Waals surface area contributed by atoms with E-state index < -0.39 is 0 Å². The molecule has 7 nitrogen and oxygen atoms in total. The predicted molar refractivity (Wildman–Crippen MR) is 136 cm³/mol. The molecule has 4 rings (SSSR count). The van der Waals surface area contributed by atoms with Gasteiger partial charge in [-0.2, -0.15) is 0 Å². The van der Waals surface area contributed by atoms with Crippen molar-refractivity contribution >= 4 is 16.9 Å². The van der Waals surface area contributed by atoms with Crippen LogP contribution in [-0.2, 0) is 13.0 Å². The summed E-state index contributed by atoms with van der Waals surface area (Å²) in [5.74, 6) is 3.01. The fourth-order valence-electron chi connectivity index (χ4n) is 3.97. The van der Waals surface area contributed by atoms with Gasteiger partial charge in [0.1, 0.15) is 18.2 Å². The fourth-order valence-corrected chi connectivity index (χ4v) is 3.97. The number of imidazole rings is 1. The highest BCUT2D eigenvalue weighted by atomic mass is 16.5. The van der Waals surface area contributed by atoms with Crippen molar-refractivity contribution < 1.29 is 19.0 Å². The molecule has 35 heavy (non-hydrogen) atoms. The lowest BCUT2D eigenvalue weighted by Crippen LogP contribution is -2.25. The lowest BCUT2D eigenvalue weighted by Gasteiger charge is -2.13. The van der Waals surface area contributed by atoms with E-state index >= 15 is 0 Å². The summed E-state index contributed by atoms with van der Waals surface area (Å²) in [5.41, 5.74) is 2.61. The largest absolute Gasteiger partial charge is 0.497 e. The minimum atomic E-state index is -0.112. The van der Waals surface area contributed by atoms with E-state index in [1.165, 1.54) is 0 Å². The molecule has 1 N–H and O–H groups in total. The number of para-hydroxylation sites is 4. The number of fused-ring (bicyclic) bond motifs is 1. The SMILES string of the molecule is CCOc1ccccc1OCCn1c(CCCNC(=O)c2cccc(OC)c2)nc2ccccc21. The lowest BCUT2D eigenvalue weighted by atomic mass is 10.2. The van der Waals surface area contributed by atoms with Crippen molar-refractivity contribution in [3.63, 3.8) is 0 Å². The van der Waals surface area contributed by atoms with Crippen LogP contribution >= 0.6 is 0 Å². The van der Waals surface area contributed by atoms with E-state index in [1.807, 2.05) is 61.5 Å². The Kier molecular flexibility index (Phi) is 8.22. The molecule has 0 fully saturated rings. The minimum absolute atomic E-state index is 0.112. The van der Waals surface area contributed by atoms with Crippen molar-refractivity contribution in [1.29, 1.82) is 0 Å². The molecule has 0 aliphatic rings. The van der Waals surface area contributed by atoms with Crippen LogP contribution in [0.3, 0.4) is 0 Å². The van der Waals surface area contributed by atoms with E-state index in [0.717, 1.165) is 41.2 Å². The first kappa shape index (κ1) is 24.1. The van der Waals surface area contributed by atoms with Crippen LogP contribution in [0.1, 0.15) is 29.5 Å². The van der Waals surface area contributed by atoms with Crippen LogP contribution in [-0.4, -0.2) is 42.3 Å². The van der Waals surface area contributed by atoms with Crippen LogP contribution in [0.5, 0.6) is 17.2 Å². The van der Waals surface area contributed by atoms with E-state index in [1.54, 1.807) is 19.2 Å². The molecule has 3 aromatic carbocycles. The van der Waals surface area contributed by atoms with E-state index in [9.17, 15) is 4.79 Å². The Morgan fingerprint density at radius 1 is 0.971 bits per heavy atom. The van der Waals surface area contributed by atoms with Gasteiger partial charge in [0.15, 0.2) is 11.5 Å². The van der Waals surface area contributed by atoms with Crippen molar-refractivity contribution in [2.75, 3.05) is 26.9 Å². The first-order chi connectivity index (χ1) is 17.2. The summed E-state index contributed by atoms with van der Waals surface area (Å²) in [6.07, 6.45) is 1.51. The topological polar surface area (TPSA) is 74.6 Å². The number of nitrogens with zero attached hydrogens (tertiary/aromatic N) is 2. The van der Waals surface area contributed by atoms with E-state index in [4.69, 9.17) is 19.2 Å². The molecule has 1 aromatic heterocycles. The molecule has 0 saturated heterocycles. The number of hydrogen-bond donors (Lipinski definition) is 1. The molecule has 0 spiro atoms. The van der Waals surface area contributed by atoms with Crippen molar-refractivity contribution in [1.82, 2.24) is 14.9 Å². The zero-order valence-corrected chi connectivity index (χ0v) is 20.2. The molecule has 0 bridgehead atoms. The number of carbonyl (C=O) groups excluding carboxylic acids is 1. The Labute approximate surface area is 205 Å². The van der Waals surface area contributed by atoms with Crippen LogP contribution in [0.2, 0.25) is 0 Å². The summed E-state index contributed by atoms with van der Waals surface area (Å²) in [4.78, 5) is 17.3. The molecule has 0 unspecified atom stereocenters. The number of carbonyl (C=O) groups is 1. The van der Waals surface area contributed by atoms with Crippen LogP contribution in [0.15, 0.2) is 72.8 Å². The van der Waals surface area contributed by atoms with Crippen molar-refractivity contribution in [2.24, 2.45) is 0 Å². The maximum absolute atomic E-state index is 12.5. The smallest absolute Gasteiger partial charge is 0.251 e. The number of methoxy groups -OCH3 is 1. The minimum Gasteiger partial charge on any atom is -0.497 e. The standard InChI is InChI=1S/C28H31N3O4/c1-3-34-25-14-6-7-15-26(25)35-19-18-31-24-13-5-4-12-23(24)30-27(31)16-9-17-29-28(32)21-10-8-11-22(20-21)33-2/h4-8,10-15,20H,3,9,16-19H2,1-2H3,(H,29,32). The van der Waals surface area contributed by atoms with E-state index in [-0.39, 0.29) is 5.91 Å².